The zero-order valence-corrected chi connectivity index (χ0v) is 23.3. The molecule has 2 aromatic rings. The van der Waals surface area contributed by atoms with Gasteiger partial charge in [-0.1, -0.05) is 44.5 Å². The number of piperazine rings is 1. The van der Waals surface area contributed by atoms with Gasteiger partial charge in [-0.25, -0.2) is 9.78 Å². The van der Waals surface area contributed by atoms with Gasteiger partial charge in [-0.3, -0.25) is 20.1 Å². The monoisotopic (exact) mass is 583 g/mol. The number of hydrogen-bond acceptors (Lipinski definition) is 8. The van der Waals surface area contributed by atoms with Crippen LogP contribution in [0, 0.1) is 17.2 Å². The van der Waals surface area contributed by atoms with Crippen molar-refractivity contribution in [2.24, 2.45) is 5.92 Å². The second-order valence-electron chi connectivity index (χ2n) is 9.54. The highest BCUT2D eigenvalue weighted by molar-refractivity contribution is 6.32. The van der Waals surface area contributed by atoms with Crippen molar-refractivity contribution in [1.82, 2.24) is 25.2 Å². The number of hydrogen-bond donors (Lipinski definition) is 2. The first-order valence-electron chi connectivity index (χ1n) is 12.7. The Balaban J connectivity index is 0.000000708. The van der Waals surface area contributed by atoms with Crippen molar-refractivity contribution in [2.45, 2.75) is 39.9 Å². The number of benzene rings is 1. The predicted molar refractivity (Wildman–Crippen MR) is 144 cm³/mol. The normalized spacial score (nSPS) is 14.2. The SMILES string of the molecule is CCCN1CCN(Cc2cccc(C(=O)NN(CC(C)C)c3nc(C#N)ncc3Cl)c2)CC1.O=C(O)C(F)(F)F. The lowest BCUT2D eigenvalue weighted by molar-refractivity contribution is -0.192. The van der Waals surface area contributed by atoms with Gasteiger partial charge in [0.05, 0.1) is 6.20 Å². The number of aliphatic carboxylic acids is 1. The highest BCUT2D eigenvalue weighted by atomic mass is 35.5. The van der Waals surface area contributed by atoms with Crippen molar-refractivity contribution < 1.29 is 27.9 Å². The molecule has 40 heavy (non-hydrogen) atoms. The van der Waals surface area contributed by atoms with Crippen LogP contribution < -0.4 is 10.4 Å². The van der Waals surface area contributed by atoms with E-state index in [9.17, 15) is 18.0 Å². The zero-order chi connectivity index (χ0) is 29.9. The molecule has 1 aromatic heterocycles. The lowest BCUT2D eigenvalue weighted by Crippen LogP contribution is -2.46. The minimum atomic E-state index is -5.08. The van der Waals surface area contributed by atoms with E-state index in [2.05, 4.69) is 38.2 Å². The largest absolute Gasteiger partial charge is 0.490 e. The van der Waals surface area contributed by atoms with Crippen molar-refractivity contribution >= 4 is 29.3 Å². The average molecular weight is 584 g/mol. The maximum absolute atomic E-state index is 13.1. The van der Waals surface area contributed by atoms with Gasteiger partial charge in [0, 0.05) is 44.8 Å². The number of carbonyl (C=O) groups excluding carboxylic acids is 1. The first kappa shape index (κ1) is 32.7. The molecule has 0 aliphatic carbocycles. The maximum atomic E-state index is 13.1. The smallest absolute Gasteiger partial charge is 0.475 e. The molecule has 2 heterocycles. The number of anilines is 1. The van der Waals surface area contributed by atoms with E-state index in [0.29, 0.717) is 17.9 Å². The van der Waals surface area contributed by atoms with Gasteiger partial charge in [-0.2, -0.15) is 23.4 Å². The van der Waals surface area contributed by atoms with Crippen LogP contribution in [0.2, 0.25) is 5.02 Å². The molecule has 218 valence electrons. The van der Waals surface area contributed by atoms with Gasteiger partial charge in [0.25, 0.3) is 5.91 Å². The molecule has 2 N–H and O–H groups in total. The number of carboxylic acid groups (broad SMARTS) is 1. The van der Waals surface area contributed by atoms with Crippen LogP contribution in [0.3, 0.4) is 0 Å². The maximum Gasteiger partial charge on any atom is 0.490 e. The lowest BCUT2D eigenvalue weighted by atomic mass is 10.1. The Hall–Kier alpha value is -3.47. The van der Waals surface area contributed by atoms with Crippen molar-refractivity contribution in [2.75, 3.05) is 44.3 Å². The molecule has 0 saturated carbocycles. The van der Waals surface area contributed by atoms with Crippen molar-refractivity contribution in [1.29, 1.82) is 5.26 Å². The van der Waals surface area contributed by atoms with Gasteiger partial charge in [0.2, 0.25) is 5.82 Å². The molecule has 1 aliphatic heterocycles. The fourth-order valence-corrected chi connectivity index (χ4v) is 4.09. The average Bonchev–Trinajstić information content (AvgIpc) is 2.89. The summed E-state index contributed by atoms with van der Waals surface area (Å²) in [6.07, 6.45) is -2.52. The van der Waals surface area contributed by atoms with E-state index in [1.54, 1.807) is 11.1 Å². The number of hydrazine groups is 1. The Kier molecular flexibility index (Phi) is 12.6. The molecule has 1 amide bonds. The summed E-state index contributed by atoms with van der Waals surface area (Å²) in [5.74, 6) is -2.48. The van der Waals surface area contributed by atoms with E-state index in [4.69, 9.17) is 26.8 Å². The van der Waals surface area contributed by atoms with Gasteiger partial charge < -0.3 is 10.0 Å². The molecule has 14 heteroatoms. The minimum absolute atomic E-state index is 0.00145. The molecule has 0 atom stereocenters. The Morgan fingerprint density at radius 2 is 1.85 bits per heavy atom. The fourth-order valence-electron chi connectivity index (χ4n) is 3.89. The summed E-state index contributed by atoms with van der Waals surface area (Å²) in [7, 11) is 0. The summed E-state index contributed by atoms with van der Waals surface area (Å²) in [6, 6.07) is 9.62. The van der Waals surface area contributed by atoms with Crippen LogP contribution in [-0.2, 0) is 11.3 Å². The van der Waals surface area contributed by atoms with Crippen LogP contribution >= 0.6 is 11.6 Å². The summed E-state index contributed by atoms with van der Waals surface area (Å²) in [5, 5.41) is 18.1. The molecule has 3 rings (SSSR count). The Bertz CT molecular complexity index is 1180. The number of carbonyl (C=O) groups is 2. The number of aromatic nitrogens is 2. The highest BCUT2D eigenvalue weighted by Crippen LogP contribution is 2.22. The molecule has 0 bridgehead atoms. The van der Waals surface area contributed by atoms with E-state index < -0.39 is 12.1 Å². The molecule has 1 fully saturated rings. The summed E-state index contributed by atoms with van der Waals surface area (Å²) >= 11 is 6.29. The first-order valence-corrected chi connectivity index (χ1v) is 13.1. The van der Waals surface area contributed by atoms with E-state index in [-0.39, 0.29) is 22.7 Å². The quantitative estimate of drug-likeness (QED) is 0.422. The third-order valence-electron chi connectivity index (χ3n) is 5.71. The number of nitrogens with one attached hydrogen (secondary N) is 1. The van der Waals surface area contributed by atoms with E-state index in [0.717, 1.165) is 44.8 Å². The molecular formula is C26H33ClF3N7O3. The zero-order valence-electron chi connectivity index (χ0n) is 22.6. The summed E-state index contributed by atoms with van der Waals surface area (Å²) < 4.78 is 31.7. The molecule has 1 aromatic carbocycles. The van der Waals surface area contributed by atoms with E-state index in [1.807, 2.05) is 32.0 Å². The van der Waals surface area contributed by atoms with Gasteiger partial charge in [0.1, 0.15) is 11.1 Å². The van der Waals surface area contributed by atoms with Gasteiger partial charge >= 0.3 is 12.1 Å². The van der Waals surface area contributed by atoms with Crippen LogP contribution in [0.5, 0.6) is 0 Å². The molecule has 10 nitrogen and oxygen atoms in total. The number of nitriles is 1. The van der Waals surface area contributed by atoms with Crippen molar-refractivity contribution in [3.8, 4) is 6.07 Å². The summed E-state index contributed by atoms with van der Waals surface area (Å²) in [4.78, 5) is 35.0. The number of carboxylic acids is 1. The van der Waals surface area contributed by atoms with Gasteiger partial charge in [-0.05, 0) is 36.6 Å². The molecule has 0 radical (unpaired) electrons. The first-order chi connectivity index (χ1) is 18.8. The van der Waals surface area contributed by atoms with E-state index in [1.165, 1.54) is 12.6 Å². The van der Waals surface area contributed by atoms with Crippen LogP contribution in [0.4, 0.5) is 19.0 Å². The Morgan fingerprint density at radius 1 is 1.23 bits per heavy atom. The van der Waals surface area contributed by atoms with Crippen LogP contribution in [0.15, 0.2) is 30.5 Å². The number of nitrogens with zero attached hydrogens (tertiary/aromatic N) is 6. The standard InChI is InChI=1S/C24H32ClN7O.C2HF3O2/c1-4-8-30-9-11-31(12-10-30)17-19-6-5-7-20(13-19)24(33)29-32(16-18(2)3)23-21(25)15-27-22(14-26)28-23;3-2(4,5)1(6)7/h5-7,13,15,18H,4,8-12,16-17H2,1-3H3,(H,29,33);(H,6,7). The van der Waals surface area contributed by atoms with Gasteiger partial charge in [-0.15, -0.1) is 0 Å². The van der Waals surface area contributed by atoms with Crippen molar-refractivity contribution in [3.63, 3.8) is 0 Å². The summed E-state index contributed by atoms with van der Waals surface area (Å²) in [5.41, 5.74) is 4.59. The minimum Gasteiger partial charge on any atom is -0.475 e. The van der Waals surface area contributed by atoms with Crippen molar-refractivity contribution in [3.05, 3.63) is 52.4 Å². The van der Waals surface area contributed by atoms with Gasteiger partial charge in [0.15, 0.2) is 5.82 Å². The molecule has 1 saturated heterocycles. The third kappa shape index (κ3) is 10.6. The van der Waals surface area contributed by atoms with E-state index >= 15 is 0 Å². The Morgan fingerprint density at radius 3 is 2.40 bits per heavy atom. The molecular weight excluding hydrogens is 551 g/mol. The lowest BCUT2D eigenvalue weighted by Gasteiger charge is -2.34. The fraction of sp³-hybridized carbons (Fsp3) is 0.500. The number of rotatable bonds is 9. The number of amides is 1. The van der Waals surface area contributed by atoms with Crippen LogP contribution in [0.25, 0.3) is 0 Å². The predicted octanol–water partition coefficient (Wildman–Crippen LogP) is 3.97. The second-order valence-corrected chi connectivity index (χ2v) is 9.95. The number of alkyl halides is 3. The molecule has 0 spiro atoms. The van der Waals surface area contributed by atoms with Crippen LogP contribution in [-0.4, -0.2) is 82.2 Å². The molecule has 0 unspecified atom stereocenters. The number of halogens is 4. The highest BCUT2D eigenvalue weighted by Gasteiger charge is 2.38. The second kappa shape index (κ2) is 15.4. The summed E-state index contributed by atoms with van der Waals surface area (Å²) in [6.45, 7) is 13.0. The van der Waals surface area contributed by atoms with Crippen LogP contribution in [0.1, 0.15) is 48.9 Å². The third-order valence-corrected chi connectivity index (χ3v) is 5.97. The Labute approximate surface area is 236 Å². The molecule has 1 aliphatic rings. The topological polar surface area (TPSA) is 126 Å².